The smallest absolute Gasteiger partial charge is 0.342 e. The zero-order valence-electron chi connectivity index (χ0n) is 15.2. The summed E-state index contributed by atoms with van der Waals surface area (Å²) in [6.07, 6.45) is 10.2. The summed E-state index contributed by atoms with van der Waals surface area (Å²) in [5, 5.41) is 10.5. The molecule has 1 N–H and O–H groups in total. The van der Waals surface area contributed by atoms with Crippen molar-refractivity contribution in [3.8, 4) is 11.5 Å². The fourth-order valence-corrected chi connectivity index (χ4v) is 2.93. The molecule has 1 heterocycles. The Labute approximate surface area is 163 Å². The number of hydrogen-bond donors (Lipinski definition) is 1. The number of allylic oxidation sites excluding steroid dienone is 3. The van der Waals surface area contributed by atoms with Crippen molar-refractivity contribution in [1.82, 2.24) is 0 Å². The summed E-state index contributed by atoms with van der Waals surface area (Å²) in [4.78, 5) is 25.0. The molecule has 0 unspecified atom stereocenters. The molecular weight excluding hydrogens is 368 g/mol. The van der Waals surface area contributed by atoms with Crippen molar-refractivity contribution in [3.05, 3.63) is 59.2 Å². The number of benzene rings is 1. The summed E-state index contributed by atoms with van der Waals surface area (Å²) in [7, 11) is 0. The molecule has 1 atom stereocenters. The van der Waals surface area contributed by atoms with Gasteiger partial charge in [-0.05, 0) is 25.8 Å². The van der Waals surface area contributed by atoms with Crippen molar-refractivity contribution >= 4 is 23.4 Å². The van der Waals surface area contributed by atoms with Crippen molar-refractivity contribution in [1.29, 1.82) is 0 Å². The molecular formula is C21H23ClO5. The van der Waals surface area contributed by atoms with Crippen LogP contribution < -0.4 is 4.74 Å². The van der Waals surface area contributed by atoms with Crippen LogP contribution in [0.15, 0.2) is 43.0 Å². The predicted octanol–water partition coefficient (Wildman–Crippen LogP) is 4.56. The Morgan fingerprint density at radius 3 is 2.81 bits per heavy atom. The van der Waals surface area contributed by atoms with Gasteiger partial charge in [-0.15, -0.1) is 0 Å². The van der Waals surface area contributed by atoms with Gasteiger partial charge in [0.1, 0.15) is 29.8 Å². The summed E-state index contributed by atoms with van der Waals surface area (Å²) in [6, 6.07) is 1.25. The molecule has 0 aromatic heterocycles. The molecule has 1 aromatic rings. The highest BCUT2D eigenvalue weighted by atomic mass is 35.5. The van der Waals surface area contributed by atoms with Crippen LogP contribution in [-0.4, -0.2) is 29.6 Å². The molecule has 0 saturated heterocycles. The van der Waals surface area contributed by atoms with Crippen LogP contribution in [0.25, 0.3) is 0 Å². The number of aromatic hydroxyl groups is 1. The maximum atomic E-state index is 12.6. The average molecular weight is 391 g/mol. The van der Waals surface area contributed by atoms with Crippen LogP contribution in [0.2, 0.25) is 5.02 Å². The fraction of sp³-hybridized carbons (Fsp3) is 0.333. The number of phenols is 1. The Kier molecular flexibility index (Phi) is 7.67. The van der Waals surface area contributed by atoms with Gasteiger partial charge in [-0.25, -0.2) is 4.79 Å². The third-order valence-electron chi connectivity index (χ3n) is 3.97. The number of fused-ring (bicyclic) bond motifs is 1. The topological polar surface area (TPSA) is 72.8 Å². The van der Waals surface area contributed by atoms with E-state index in [4.69, 9.17) is 21.1 Å². The van der Waals surface area contributed by atoms with Gasteiger partial charge in [-0.1, -0.05) is 42.5 Å². The second kappa shape index (κ2) is 9.97. The van der Waals surface area contributed by atoms with Gasteiger partial charge in [-0.2, -0.15) is 0 Å². The zero-order valence-corrected chi connectivity index (χ0v) is 16.0. The Morgan fingerprint density at radius 1 is 1.33 bits per heavy atom. The number of ether oxygens (including phenoxy) is 2. The average Bonchev–Trinajstić information content (AvgIpc) is 2.61. The molecule has 5 nitrogen and oxygen atoms in total. The highest BCUT2D eigenvalue weighted by Crippen LogP contribution is 2.38. The van der Waals surface area contributed by atoms with E-state index in [9.17, 15) is 14.7 Å². The number of ketones is 1. The molecule has 0 fully saturated rings. The van der Waals surface area contributed by atoms with Gasteiger partial charge in [0, 0.05) is 24.5 Å². The molecule has 2 rings (SSSR count). The van der Waals surface area contributed by atoms with E-state index < -0.39 is 5.97 Å². The van der Waals surface area contributed by atoms with Crippen LogP contribution in [-0.2, 0) is 16.0 Å². The Bertz CT molecular complexity index is 779. The van der Waals surface area contributed by atoms with Crippen molar-refractivity contribution in [2.45, 2.75) is 38.7 Å². The minimum atomic E-state index is -0.727. The second-order valence-electron chi connectivity index (χ2n) is 6.21. The summed E-state index contributed by atoms with van der Waals surface area (Å²) >= 11 is 6.39. The molecule has 1 aliphatic heterocycles. The minimum absolute atomic E-state index is 0.1000. The van der Waals surface area contributed by atoms with E-state index in [0.717, 1.165) is 12.8 Å². The lowest BCUT2D eigenvalue weighted by Gasteiger charge is -2.18. The van der Waals surface area contributed by atoms with E-state index in [0.29, 0.717) is 6.42 Å². The van der Waals surface area contributed by atoms with Gasteiger partial charge < -0.3 is 14.6 Å². The molecule has 0 bridgehead atoms. The first-order valence-corrected chi connectivity index (χ1v) is 9.15. The molecule has 0 radical (unpaired) electrons. The van der Waals surface area contributed by atoms with Crippen molar-refractivity contribution < 1.29 is 24.2 Å². The van der Waals surface area contributed by atoms with Crippen LogP contribution in [0, 0.1) is 0 Å². The van der Waals surface area contributed by atoms with Crippen molar-refractivity contribution in [3.63, 3.8) is 0 Å². The van der Waals surface area contributed by atoms with Crippen LogP contribution >= 0.6 is 11.6 Å². The van der Waals surface area contributed by atoms with Crippen LogP contribution in [0.3, 0.4) is 0 Å². The molecule has 6 heteroatoms. The number of esters is 1. The van der Waals surface area contributed by atoms with Gasteiger partial charge in [0.15, 0.2) is 5.78 Å². The molecule has 1 aliphatic rings. The van der Waals surface area contributed by atoms with Gasteiger partial charge >= 0.3 is 5.97 Å². The second-order valence-corrected chi connectivity index (χ2v) is 6.58. The van der Waals surface area contributed by atoms with E-state index in [2.05, 4.69) is 6.58 Å². The molecule has 0 saturated carbocycles. The standard InChI is InChI=1S/C21H23ClO5/c1-3-11-26-18-13-17(24)19-16(20(18)22)12-15(23)10-8-6-4-5-7-9-14(2)27-21(19)25/h3,5,7-8,10,13-14,24H,1,4,6,9,11-12H2,2H3/b7-5+,10-8+/t14-/m1/s1. The van der Waals surface area contributed by atoms with Gasteiger partial charge in [0.25, 0.3) is 0 Å². The highest BCUT2D eigenvalue weighted by molar-refractivity contribution is 6.33. The first-order valence-electron chi connectivity index (χ1n) is 8.77. The van der Waals surface area contributed by atoms with E-state index in [-0.39, 0.29) is 52.6 Å². The molecule has 0 spiro atoms. The van der Waals surface area contributed by atoms with Gasteiger partial charge in [-0.3, -0.25) is 4.79 Å². The van der Waals surface area contributed by atoms with Gasteiger partial charge in [0.2, 0.25) is 0 Å². The highest BCUT2D eigenvalue weighted by Gasteiger charge is 2.26. The number of rotatable bonds is 3. The number of phenolic OH excluding ortho intramolecular Hbond substituents is 1. The first-order chi connectivity index (χ1) is 12.9. The molecule has 144 valence electrons. The largest absolute Gasteiger partial charge is 0.507 e. The lowest BCUT2D eigenvalue weighted by atomic mass is 9.99. The van der Waals surface area contributed by atoms with Crippen molar-refractivity contribution in [2.24, 2.45) is 0 Å². The SMILES string of the molecule is C=CCOc1cc(O)c2c(c1Cl)CC(=O)/C=C/CC/C=C/C[C@@H](C)OC2=O. The normalized spacial score (nSPS) is 20.7. The van der Waals surface area contributed by atoms with Crippen molar-refractivity contribution in [2.75, 3.05) is 6.61 Å². The third-order valence-corrected chi connectivity index (χ3v) is 4.38. The summed E-state index contributed by atoms with van der Waals surface area (Å²) in [5.41, 5.74) is 0.0794. The van der Waals surface area contributed by atoms with E-state index in [1.165, 1.54) is 18.2 Å². The maximum absolute atomic E-state index is 12.6. The van der Waals surface area contributed by atoms with E-state index in [1.807, 2.05) is 12.2 Å². The Balaban J connectivity index is 2.51. The molecule has 0 aliphatic carbocycles. The predicted molar refractivity (Wildman–Crippen MR) is 105 cm³/mol. The van der Waals surface area contributed by atoms with E-state index in [1.54, 1.807) is 13.0 Å². The van der Waals surface area contributed by atoms with E-state index >= 15 is 0 Å². The lowest BCUT2D eigenvalue weighted by Crippen LogP contribution is -2.18. The molecule has 0 amide bonds. The Morgan fingerprint density at radius 2 is 2.07 bits per heavy atom. The Hall–Kier alpha value is -2.53. The summed E-state index contributed by atoms with van der Waals surface area (Å²) in [5.74, 6) is -1.13. The van der Waals surface area contributed by atoms with Gasteiger partial charge in [0.05, 0.1) is 5.02 Å². The number of carbonyl (C=O) groups excluding carboxylic acids is 2. The maximum Gasteiger partial charge on any atom is 0.342 e. The first kappa shape index (κ1) is 20.8. The lowest BCUT2D eigenvalue weighted by molar-refractivity contribution is -0.114. The summed E-state index contributed by atoms with van der Waals surface area (Å²) in [6.45, 7) is 5.49. The van der Waals surface area contributed by atoms with Crippen LogP contribution in [0.4, 0.5) is 0 Å². The quantitative estimate of drug-likeness (QED) is 0.604. The van der Waals surface area contributed by atoms with Crippen LogP contribution in [0.5, 0.6) is 11.5 Å². The minimum Gasteiger partial charge on any atom is -0.507 e. The number of carbonyl (C=O) groups is 2. The third kappa shape index (κ3) is 5.73. The fourth-order valence-electron chi connectivity index (χ4n) is 2.66. The monoisotopic (exact) mass is 390 g/mol. The number of cyclic esters (lactones) is 1. The number of hydrogen-bond acceptors (Lipinski definition) is 5. The summed E-state index contributed by atoms with van der Waals surface area (Å²) < 4.78 is 10.9. The molecule has 1 aromatic carbocycles. The zero-order chi connectivity index (χ0) is 19.8. The number of halogens is 1. The van der Waals surface area contributed by atoms with Crippen LogP contribution in [0.1, 0.15) is 42.1 Å². The molecule has 27 heavy (non-hydrogen) atoms.